The Morgan fingerprint density at radius 1 is 1.15 bits per heavy atom. The van der Waals surface area contributed by atoms with Gasteiger partial charge in [-0.2, -0.15) is 0 Å². The molecule has 0 bridgehead atoms. The van der Waals surface area contributed by atoms with Gasteiger partial charge in [0.2, 0.25) is 0 Å². The maximum Gasteiger partial charge on any atom is 0.126 e. The van der Waals surface area contributed by atoms with Crippen LogP contribution in [0.3, 0.4) is 0 Å². The molecule has 0 heterocycles. The molecule has 0 radical (unpaired) electrons. The molecule has 1 nitrogen and oxygen atoms in total. The van der Waals surface area contributed by atoms with Crippen molar-refractivity contribution in [3.05, 3.63) is 71.0 Å². The van der Waals surface area contributed by atoms with Gasteiger partial charge in [0.1, 0.15) is 5.82 Å². The molecule has 0 saturated heterocycles. The molecule has 0 aromatic heterocycles. The Bertz CT molecular complexity index is 593. The van der Waals surface area contributed by atoms with Gasteiger partial charge in [-0.3, -0.25) is 0 Å². The minimum atomic E-state index is -0.102. The summed E-state index contributed by atoms with van der Waals surface area (Å²) in [5, 5.41) is 3.53. The Labute approximate surface area is 119 Å². The molecule has 0 fully saturated rings. The molecule has 1 aliphatic rings. The fraction of sp³-hybridized carbons (Fsp3) is 0.333. The van der Waals surface area contributed by atoms with E-state index in [0.717, 1.165) is 24.9 Å². The summed E-state index contributed by atoms with van der Waals surface area (Å²) in [5.41, 5.74) is 3.74. The largest absolute Gasteiger partial charge is 0.313 e. The number of benzene rings is 2. The summed E-state index contributed by atoms with van der Waals surface area (Å²) in [5.74, 6) is 0.518. The first kappa shape index (κ1) is 13.3. The summed E-state index contributed by atoms with van der Waals surface area (Å²) in [4.78, 5) is 0. The van der Waals surface area contributed by atoms with Gasteiger partial charge < -0.3 is 5.32 Å². The quantitative estimate of drug-likeness (QED) is 0.873. The summed E-state index contributed by atoms with van der Waals surface area (Å²) < 4.78 is 13.6. The molecule has 1 aliphatic carbocycles. The van der Waals surface area contributed by atoms with Gasteiger partial charge in [0, 0.05) is 18.5 Å². The van der Waals surface area contributed by atoms with Crippen LogP contribution in [0.15, 0.2) is 48.5 Å². The minimum Gasteiger partial charge on any atom is -0.313 e. The predicted molar refractivity (Wildman–Crippen MR) is 80.5 cm³/mol. The third-order valence-corrected chi connectivity index (χ3v) is 4.16. The predicted octanol–water partition coefficient (Wildman–Crippen LogP) is 3.69. The highest BCUT2D eigenvalue weighted by Gasteiger charge is 2.25. The van der Waals surface area contributed by atoms with Crippen molar-refractivity contribution >= 4 is 0 Å². The topological polar surface area (TPSA) is 12.0 Å². The second-order valence-electron chi connectivity index (χ2n) is 5.70. The highest BCUT2D eigenvalue weighted by Crippen LogP contribution is 2.34. The van der Waals surface area contributed by atoms with Gasteiger partial charge >= 0.3 is 0 Å². The highest BCUT2D eigenvalue weighted by molar-refractivity contribution is 5.40. The van der Waals surface area contributed by atoms with E-state index in [1.165, 1.54) is 17.2 Å². The molecule has 1 N–H and O–H groups in total. The summed E-state index contributed by atoms with van der Waals surface area (Å²) in [6, 6.07) is 15.9. The number of hydrogen-bond acceptors (Lipinski definition) is 1. The standard InChI is InChI=1S/C18H20FN/c1-13(10-15-7-3-5-9-18(15)19)20-12-16-11-14-6-2-4-8-17(14)16/h2-9,13,16,20H,10-12H2,1H3. The van der Waals surface area contributed by atoms with Gasteiger partial charge in [0.05, 0.1) is 0 Å². The van der Waals surface area contributed by atoms with Crippen LogP contribution in [0.1, 0.15) is 29.5 Å². The van der Waals surface area contributed by atoms with Crippen LogP contribution in [0.4, 0.5) is 4.39 Å². The van der Waals surface area contributed by atoms with E-state index in [4.69, 9.17) is 0 Å². The summed E-state index contributed by atoms with van der Waals surface area (Å²) in [7, 11) is 0. The van der Waals surface area contributed by atoms with Crippen LogP contribution in [0, 0.1) is 5.82 Å². The van der Waals surface area contributed by atoms with Crippen LogP contribution >= 0.6 is 0 Å². The molecule has 2 aromatic carbocycles. The van der Waals surface area contributed by atoms with Gasteiger partial charge in [-0.15, -0.1) is 0 Å². The van der Waals surface area contributed by atoms with E-state index in [1.54, 1.807) is 6.07 Å². The van der Waals surface area contributed by atoms with Crippen molar-refractivity contribution in [3.63, 3.8) is 0 Å². The lowest BCUT2D eigenvalue weighted by atomic mass is 9.77. The first-order chi connectivity index (χ1) is 9.74. The Kier molecular flexibility index (Phi) is 3.83. The average Bonchev–Trinajstić information content (AvgIpc) is 2.42. The molecule has 0 spiro atoms. The Balaban J connectivity index is 1.51. The molecule has 2 atom stereocenters. The molecule has 2 unspecified atom stereocenters. The number of halogens is 1. The second kappa shape index (κ2) is 5.76. The van der Waals surface area contributed by atoms with Crippen LogP contribution in [-0.4, -0.2) is 12.6 Å². The number of fused-ring (bicyclic) bond motifs is 1. The van der Waals surface area contributed by atoms with E-state index in [2.05, 4.69) is 36.5 Å². The molecule has 0 aliphatic heterocycles. The van der Waals surface area contributed by atoms with Gasteiger partial charge in [-0.05, 0) is 42.5 Å². The van der Waals surface area contributed by atoms with Crippen molar-refractivity contribution in [2.75, 3.05) is 6.54 Å². The van der Waals surface area contributed by atoms with E-state index in [1.807, 2.05) is 12.1 Å². The highest BCUT2D eigenvalue weighted by atomic mass is 19.1. The van der Waals surface area contributed by atoms with Gasteiger partial charge in [-0.25, -0.2) is 4.39 Å². The van der Waals surface area contributed by atoms with Crippen molar-refractivity contribution in [2.45, 2.75) is 31.7 Å². The van der Waals surface area contributed by atoms with Gasteiger partial charge in [0.15, 0.2) is 0 Å². The third-order valence-electron chi connectivity index (χ3n) is 4.16. The Morgan fingerprint density at radius 3 is 2.70 bits per heavy atom. The molecule has 3 rings (SSSR count). The van der Waals surface area contributed by atoms with Gasteiger partial charge in [0.25, 0.3) is 0 Å². The van der Waals surface area contributed by atoms with Crippen LogP contribution in [-0.2, 0) is 12.8 Å². The fourth-order valence-electron chi connectivity index (χ4n) is 2.95. The van der Waals surface area contributed by atoms with E-state index in [-0.39, 0.29) is 5.82 Å². The number of hydrogen-bond donors (Lipinski definition) is 1. The number of nitrogens with one attached hydrogen (secondary N) is 1. The number of rotatable bonds is 5. The van der Waals surface area contributed by atoms with Crippen molar-refractivity contribution in [2.24, 2.45) is 0 Å². The summed E-state index contributed by atoms with van der Waals surface area (Å²) >= 11 is 0. The van der Waals surface area contributed by atoms with Crippen molar-refractivity contribution in [1.82, 2.24) is 5.32 Å². The van der Waals surface area contributed by atoms with E-state index < -0.39 is 0 Å². The molecular weight excluding hydrogens is 249 g/mol. The Morgan fingerprint density at radius 2 is 1.90 bits per heavy atom. The molecule has 0 amide bonds. The Hall–Kier alpha value is -1.67. The summed E-state index contributed by atoms with van der Waals surface area (Å²) in [6.45, 7) is 3.10. The third kappa shape index (κ3) is 2.75. The fourth-order valence-corrected chi connectivity index (χ4v) is 2.95. The first-order valence-corrected chi connectivity index (χ1v) is 7.28. The molecule has 2 heteroatoms. The van der Waals surface area contributed by atoms with E-state index in [9.17, 15) is 4.39 Å². The molecular formula is C18H20FN. The van der Waals surface area contributed by atoms with E-state index >= 15 is 0 Å². The van der Waals surface area contributed by atoms with Crippen LogP contribution in [0.2, 0.25) is 0 Å². The van der Waals surface area contributed by atoms with Crippen LogP contribution < -0.4 is 5.32 Å². The smallest absolute Gasteiger partial charge is 0.126 e. The maximum atomic E-state index is 13.6. The molecule has 0 saturated carbocycles. The van der Waals surface area contributed by atoms with E-state index in [0.29, 0.717) is 12.0 Å². The van der Waals surface area contributed by atoms with Crippen molar-refractivity contribution in [3.8, 4) is 0 Å². The molecule has 104 valence electrons. The normalized spacial score (nSPS) is 18.2. The SMILES string of the molecule is CC(Cc1ccccc1F)NCC1Cc2ccccc21. The lowest BCUT2D eigenvalue weighted by molar-refractivity contribution is 0.471. The summed E-state index contributed by atoms with van der Waals surface area (Å²) in [6.07, 6.45) is 1.90. The first-order valence-electron chi connectivity index (χ1n) is 7.28. The van der Waals surface area contributed by atoms with Crippen molar-refractivity contribution in [1.29, 1.82) is 0 Å². The van der Waals surface area contributed by atoms with Crippen LogP contribution in [0.5, 0.6) is 0 Å². The van der Waals surface area contributed by atoms with Crippen LogP contribution in [0.25, 0.3) is 0 Å². The molecule has 2 aromatic rings. The molecule has 20 heavy (non-hydrogen) atoms. The van der Waals surface area contributed by atoms with Gasteiger partial charge in [-0.1, -0.05) is 42.5 Å². The van der Waals surface area contributed by atoms with Crippen molar-refractivity contribution < 1.29 is 4.39 Å². The second-order valence-corrected chi connectivity index (χ2v) is 5.70. The zero-order valence-electron chi connectivity index (χ0n) is 11.8. The zero-order chi connectivity index (χ0) is 13.9. The lowest BCUT2D eigenvalue weighted by Crippen LogP contribution is -2.35. The minimum absolute atomic E-state index is 0.102. The zero-order valence-corrected chi connectivity index (χ0v) is 11.8. The maximum absolute atomic E-state index is 13.6. The monoisotopic (exact) mass is 269 g/mol. The average molecular weight is 269 g/mol. The lowest BCUT2D eigenvalue weighted by Gasteiger charge is -2.31.